The molecule has 0 amide bonds. The molecule has 0 aromatic carbocycles. The van der Waals surface area contributed by atoms with Crippen molar-refractivity contribution in [3.63, 3.8) is 0 Å². The highest BCUT2D eigenvalue weighted by molar-refractivity contribution is 5.79. The fourth-order valence-corrected chi connectivity index (χ4v) is 0.974. The van der Waals surface area contributed by atoms with E-state index in [0.29, 0.717) is 12.8 Å². The van der Waals surface area contributed by atoms with E-state index in [-0.39, 0.29) is 13.2 Å². The summed E-state index contributed by atoms with van der Waals surface area (Å²) in [6.07, 6.45) is 5.41. The fraction of sp³-hybridized carbons (Fsp3) is 0.667. The first-order valence-corrected chi connectivity index (χ1v) is 8.45. The van der Waals surface area contributed by atoms with Crippen molar-refractivity contribution < 1.29 is 39.9 Å². The van der Waals surface area contributed by atoms with Crippen LogP contribution in [0.15, 0.2) is 25.3 Å². The molecule has 1 unspecified atom stereocenters. The van der Waals surface area contributed by atoms with Crippen LogP contribution < -0.4 is 0 Å². The van der Waals surface area contributed by atoms with E-state index < -0.39 is 18.0 Å². The Hall–Kier alpha value is -1.74. The summed E-state index contributed by atoms with van der Waals surface area (Å²) in [6, 6.07) is 0. The Bertz CT molecular complexity index is 296. The van der Waals surface area contributed by atoms with Crippen LogP contribution in [-0.2, 0) is 14.3 Å². The highest BCUT2D eigenvalue weighted by atomic mass is 16.5. The van der Waals surface area contributed by atoms with Crippen LogP contribution >= 0.6 is 0 Å². The molecular weight excluding hydrogens is 344 g/mol. The molecule has 0 rings (SSSR count). The van der Waals surface area contributed by atoms with Gasteiger partial charge in [0.15, 0.2) is 0 Å². The molecule has 8 heteroatoms. The van der Waals surface area contributed by atoms with Gasteiger partial charge in [-0.15, -0.1) is 0 Å². The number of aliphatic hydroxyl groups excluding tert-OH is 3. The van der Waals surface area contributed by atoms with Gasteiger partial charge in [-0.3, -0.25) is 0 Å². The average Bonchev–Trinajstić information content (AvgIpc) is 2.63. The van der Waals surface area contributed by atoms with E-state index in [2.05, 4.69) is 27.0 Å². The van der Waals surface area contributed by atoms with Crippen LogP contribution in [0.25, 0.3) is 0 Å². The standard InChI is InChI=1S/C6H14O3.C6H14O.2C3H4O2/c7-4-2-1-3-6(9)5-8;1-3-5-7-6-4-2;2*1-2-3(4)5/h6-9H,1-5H2;3-6H2,1-2H3;2*2H,1H2,(H,4,5). The summed E-state index contributed by atoms with van der Waals surface area (Å²) in [5.41, 5.74) is 0. The van der Waals surface area contributed by atoms with Gasteiger partial charge in [-0.25, -0.2) is 9.59 Å². The summed E-state index contributed by atoms with van der Waals surface area (Å²) >= 11 is 0. The Morgan fingerprint density at radius 3 is 1.58 bits per heavy atom. The van der Waals surface area contributed by atoms with Gasteiger partial charge < -0.3 is 30.3 Å². The maximum atomic E-state index is 9.25. The number of aliphatic hydroxyl groups is 3. The van der Waals surface area contributed by atoms with Gasteiger partial charge in [-0.2, -0.15) is 0 Å². The highest BCUT2D eigenvalue weighted by Gasteiger charge is 1.99. The van der Waals surface area contributed by atoms with Crippen molar-refractivity contribution in [1.82, 2.24) is 0 Å². The largest absolute Gasteiger partial charge is 0.478 e. The van der Waals surface area contributed by atoms with E-state index in [4.69, 9.17) is 30.3 Å². The van der Waals surface area contributed by atoms with E-state index in [1.165, 1.54) is 0 Å². The van der Waals surface area contributed by atoms with Gasteiger partial charge in [0.25, 0.3) is 0 Å². The topological polar surface area (TPSA) is 145 Å². The van der Waals surface area contributed by atoms with Gasteiger partial charge in [0.1, 0.15) is 0 Å². The second kappa shape index (κ2) is 31.1. The van der Waals surface area contributed by atoms with Crippen molar-refractivity contribution in [2.45, 2.75) is 52.1 Å². The van der Waals surface area contributed by atoms with Crippen molar-refractivity contribution >= 4 is 11.9 Å². The molecule has 0 aliphatic heterocycles. The quantitative estimate of drug-likeness (QED) is 0.270. The Morgan fingerprint density at radius 2 is 1.35 bits per heavy atom. The molecule has 26 heavy (non-hydrogen) atoms. The van der Waals surface area contributed by atoms with Crippen molar-refractivity contribution in [2.75, 3.05) is 26.4 Å². The molecular formula is C18H36O8. The number of aliphatic carboxylic acids is 2. The van der Waals surface area contributed by atoms with Gasteiger partial charge in [0, 0.05) is 32.0 Å². The molecule has 5 N–H and O–H groups in total. The summed E-state index contributed by atoms with van der Waals surface area (Å²) in [6.45, 7) is 12.0. The number of carboxylic acids is 2. The minimum Gasteiger partial charge on any atom is -0.478 e. The normalized spacial score (nSPS) is 9.73. The molecule has 8 nitrogen and oxygen atoms in total. The predicted molar refractivity (Wildman–Crippen MR) is 101 cm³/mol. The van der Waals surface area contributed by atoms with E-state index in [1.54, 1.807) is 0 Å². The maximum Gasteiger partial charge on any atom is 0.327 e. The molecule has 0 aromatic rings. The van der Waals surface area contributed by atoms with E-state index in [1.807, 2.05) is 0 Å². The second-order valence-corrected chi connectivity index (χ2v) is 4.75. The second-order valence-electron chi connectivity index (χ2n) is 4.75. The first kappa shape index (κ1) is 32.0. The van der Waals surface area contributed by atoms with Crippen molar-refractivity contribution in [3.05, 3.63) is 25.3 Å². The van der Waals surface area contributed by atoms with Gasteiger partial charge >= 0.3 is 11.9 Å². The summed E-state index contributed by atoms with van der Waals surface area (Å²) < 4.78 is 5.13. The third-order valence-electron chi connectivity index (χ3n) is 2.20. The Morgan fingerprint density at radius 1 is 0.962 bits per heavy atom. The number of rotatable bonds is 11. The van der Waals surface area contributed by atoms with E-state index in [0.717, 1.165) is 44.6 Å². The van der Waals surface area contributed by atoms with E-state index >= 15 is 0 Å². The number of hydrogen-bond donors (Lipinski definition) is 5. The van der Waals surface area contributed by atoms with Crippen LogP contribution in [0.4, 0.5) is 0 Å². The molecule has 0 saturated carbocycles. The van der Waals surface area contributed by atoms with Crippen molar-refractivity contribution in [2.24, 2.45) is 0 Å². The number of unbranched alkanes of at least 4 members (excludes halogenated alkanes) is 1. The molecule has 0 radical (unpaired) electrons. The predicted octanol–water partition coefficient (Wildman–Crippen LogP) is 1.84. The molecule has 156 valence electrons. The molecule has 0 bridgehead atoms. The molecule has 0 aliphatic carbocycles. The van der Waals surface area contributed by atoms with Crippen LogP contribution in [0, 0.1) is 0 Å². The maximum absolute atomic E-state index is 9.25. The summed E-state index contributed by atoms with van der Waals surface area (Å²) in [5.74, 6) is -1.96. The minimum absolute atomic E-state index is 0.165. The lowest BCUT2D eigenvalue weighted by molar-refractivity contribution is -0.132. The van der Waals surface area contributed by atoms with Crippen LogP contribution in [0.1, 0.15) is 46.0 Å². The average molecular weight is 380 g/mol. The molecule has 1 atom stereocenters. The van der Waals surface area contributed by atoms with Gasteiger partial charge in [-0.1, -0.05) is 27.0 Å². The fourth-order valence-electron chi connectivity index (χ4n) is 0.974. The summed E-state index contributed by atoms with van der Waals surface area (Å²) in [5, 5.41) is 40.6. The molecule has 0 aromatic heterocycles. The van der Waals surface area contributed by atoms with Crippen molar-refractivity contribution in [3.8, 4) is 0 Å². The van der Waals surface area contributed by atoms with Crippen LogP contribution in [0.3, 0.4) is 0 Å². The Kier molecular flexibility index (Phi) is 38.2. The monoisotopic (exact) mass is 380 g/mol. The lowest BCUT2D eigenvalue weighted by Crippen LogP contribution is -2.11. The lowest BCUT2D eigenvalue weighted by Gasteiger charge is -2.03. The van der Waals surface area contributed by atoms with Crippen LogP contribution in [-0.4, -0.2) is 70.0 Å². The zero-order valence-electron chi connectivity index (χ0n) is 16.0. The summed E-state index contributed by atoms with van der Waals surface area (Å²) in [7, 11) is 0. The van der Waals surface area contributed by atoms with Crippen LogP contribution in [0.5, 0.6) is 0 Å². The zero-order chi connectivity index (χ0) is 21.2. The molecule has 0 aliphatic rings. The lowest BCUT2D eigenvalue weighted by atomic mass is 10.2. The first-order chi connectivity index (χ1) is 12.3. The molecule has 0 heterocycles. The van der Waals surface area contributed by atoms with Crippen molar-refractivity contribution in [1.29, 1.82) is 0 Å². The Balaban J connectivity index is -0.000000128. The number of ether oxygens (including phenoxy) is 1. The Labute approximate surface area is 156 Å². The van der Waals surface area contributed by atoms with Gasteiger partial charge in [-0.05, 0) is 32.1 Å². The number of carboxylic acid groups (broad SMARTS) is 2. The van der Waals surface area contributed by atoms with E-state index in [9.17, 15) is 9.59 Å². The summed E-state index contributed by atoms with van der Waals surface area (Å²) in [4.78, 5) is 18.5. The SMILES string of the molecule is C=CC(=O)O.C=CC(=O)O.CCCOCCC.OCCCCC(O)CO. The molecule has 0 fully saturated rings. The van der Waals surface area contributed by atoms with Crippen LogP contribution in [0.2, 0.25) is 0 Å². The first-order valence-electron chi connectivity index (χ1n) is 8.45. The molecule has 0 spiro atoms. The molecule has 0 saturated heterocycles. The minimum atomic E-state index is -0.981. The smallest absolute Gasteiger partial charge is 0.327 e. The van der Waals surface area contributed by atoms with Gasteiger partial charge in [0.05, 0.1) is 12.7 Å². The zero-order valence-corrected chi connectivity index (χ0v) is 16.0. The third kappa shape index (κ3) is 57.2. The number of carbonyl (C=O) groups is 2. The van der Waals surface area contributed by atoms with Gasteiger partial charge in [0.2, 0.25) is 0 Å². The third-order valence-corrected chi connectivity index (χ3v) is 2.20. The number of hydrogen-bond acceptors (Lipinski definition) is 6. The highest BCUT2D eigenvalue weighted by Crippen LogP contribution is 1.98.